The van der Waals surface area contributed by atoms with Crippen molar-refractivity contribution < 1.29 is 9.47 Å². The van der Waals surface area contributed by atoms with Gasteiger partial charge < -0.3 is 14.8 Å². The molecule has 0 spiro atoms. The summed E-state index contributed by atoms with van der Waals surface area (Å²) < 4.78 is 11.8. The van der Waals surface area contributed by atoms with Crippen molar-refractivity contribution in [3.63, 3.8) is 0 Å². The number of methoxy groups -OCH3 is 1. The largest absolute Gasteiger partial charge is 0.497 e. The van der Waals surface area contributed by atoms with Crippen LogP contribution in [0.4, 0.5) is 0 Å². The zero-order chi connectivity index (χ0) is 12.1. The first-order valence-corrected chi connectivity index (χ1v) is 6.72. The molecule has 1 aromatic rings. The zero-order valence-electron chi connectivity index (χ0n) is 10.0. The third-order valence-electron chi connectivity index (χ3n) is 2.99. The molecule has 0 aromatic heterocycles. The van der Waals surface area contributed by atoms with Crippen molar-refractivity contribution in [2.45, 2.75) is 25.4 Å². The highest BCUT2D eigenvalue weighted by molar-refractivity contribution is 9.10. The molecule has 0 aliphatic carbocycles. The fourth-order valence-electron chi connectivity index (χ4n) is 1.97. The Morgan fingerprint density at radius 1 is 1.53 bits per heavy atom. The van der Waals surface area contributed by atoms with E-state index < -0.39 is 0 Å². The summed E-state index contributed by atoms with van der Waals surface area (Å²) in [5.74, 6) is 0.893. The van der Waals surface area contributed by atoms with Crippen LogP contribution in [0.5, 0.6) is 5.75 Å². The minimum Gasteiger partial charge on any atom is -0.497 e. The lowest BCUT2D eigenvalue weighted by molar-refractivity contribution is 0.0699. The van der Waals surface area contributed by atoms with Gasteiger partial charge >= 0.3 is 0 Å². The fraction of sp³-hybridized carbons (Fsp3) is 0.538. The van der Waals surface area contributed by atoms with E-state index in [1.807, 2.05) is 12.1 Å². The molecule has 94 valence electrons. The zero-order valence-corrected chi connectivity index (χ0v) is 11.6. The Kier molecular flexibility index (Phi) is 4.83. The lowest BCUT2D eigenvalue weighted by Gasteiger charge is -2.23. The van der Waals surface area contributed by atoms with E-state index in [0.717, 1.165) is 36.4 Å². The van der Waals surface area contributed by atoms with Gasteiger partial charge in [-0.25, -0.2) is 0 Å². The Balaban J connectivity index is 1.92. The molecular weight excluding hydrogens is 282 g/mol. The number of hydrogen-bond donors (Lipinski definition) is 1. The Bertz CT molecular complexity index is 364. The molecule has 0 saturated carbocycles. The van der Waals surface area contributed by atoms with Crippen LogP contribution in [0.1, 0.15) is 18.4 Å². The molecule has 0 unspecified atom stereocenters. The van der Waals surface area contributed by atoms with Crippen LogP contribution in [0.15, 0.2) is 22.7 Å². The third kappa shape index (κ3) is 3.69. The number of rotatable bonds is 4. The number of benzene rings is 1. The first-order chi connectivity index (χ1) is 8.29. The summed E-state index contributed by atoms with van der Waals surface area (Å²) >= 11 is 3.56. The molecule has 0 radical (unpaired) electrons. The molecule has 1 fully saturated rings. The lowest BCUT2D eigenvalue weighted by atomic mass is 10.1. The predicted octanol–water partition coefficient (Wildman–Crippen LogP) is 2.73. The van der Waals surface area contributed by atoms with Gasteiger partial charge in [0.25, 0.3) is 0 Å². The molecule has 1 saturated heterocycles. The molecule has 2 rings (SSSR count). The van der Waals surface area contributed by atoms with Crippen LogP contribution in [-0.4, -0.2) is 26.4 Å². The van der Waals surface area contributed by atoms with Gasteiger partial charge in [0.05, 0.1) is 13.7 Å². The maximum atomic E-state index is 5.45. The molecule has 0 bridgehead atoms. The number of halogens is 1. The van der Waals surface area contributed by atoms with Gasteiger partial charge in [-0.15, -0.1) is 0 Å². The molecule has 0 amide bonds. The van der Waals surface area contributed by atoms with E-state index >= 15 is 0 Å². The average Bonchev–Trinajstić information content (AvgIpc) is 2.39. The molecule has 1 aliphatic heterocycles. The van der Waals surface area contributed by atoms with Crippen LogP contribution in [-0.2, 0) is 11.3 Å². The smallest absolute Gasteiger partial charge is 0.119 e. The van der Waals surface area contributed by atoms with Crippen molar-refractivity contribution in [1.29, 1.82) is 0 Å². The quantitative estimate of drug-likeness (QED) is 0.927. The number of nitrogens with one attached hydrogen (secondary N) is 1. The molecule has 3 nitrogen and oxygen atoms in total. The topological polar surface area (TPSA) is 30.5 Å². The van der Waals surface area contributed by atoms with Crippen LogP contribution in [0.2, 0.25) is 0 Å². The summed E-state index contributed by atoms with van der Waals surface area (Å²) in [6, 6.07) is 6.51. The van der Waals surface area contributed by atoms with Crippen LogP contribution >= 0.6 is 15.9 Å². The van der Waals surface area contributed by atoms with Crippen molar-refractivity contribution >= 4 is 15.9 Å². The van der Waals surface area contributed by atoms with Gasteiger partial charge in [-0.2, -0.15) is 0 Å². The summed E-state index contributed by atoms with van der Waals surface area (Å²) in [4.78, 5) is 0. The fourth-order valence-corrected chi connectivity index (χ4v) is 2.36. The van der Waals surface area contributed by atoms with E-state index in [-0.39, 0.29) is 0 Å². The maximum absolute atomic E-state index is 5.45. The summed E-state index contributed by atoms with van der Waals surface area (Å²) in [6.07, 6.45) is 2.35. The molecule has 17 heavy (non-hydrogen) atoms. The Labute approximate surface area is 111 Å². The SMILES string of the molecule is COc1ccc(Br)c(CN[C@@H]2CCCOC2)c1. The first kappa shape index (κ1) is 12.9. The minimum absolute atomic E-state index is 0.474. The van der Waals surface area contributed by atoms with Crippen LogP contribution in [0.3, 0.4) is 0 Å². The second kappa shape index (κ2) is 6.38. The van der Waals surface area contributed by atoms with Gasteiger partial charge in [0.1, 0.15) is 5.75 Å². The van der Waals surface area contributed by atoms with Crippen molar-refractivity contribution in [2.24, 2.45) is 0 Å². The molecule has 4 heteroatoms. The molecular formula is C13H18BrNO2. The van der Waals surface area contributed by atoms with Crippen molar-refractivity contribution in [3.8, 4) is 5.75 Å². The van der Waals surface area contributed by atoms with Crippen LogP contribution in [0.25, 0.3) is 0 Å². The van der Waals surface area contributed by atoms with E-state index in [1.54, 1.807) is 7.11 Å². The summed E-state index contributed by atoms with van der Waals surface area (Å²) in [5.41, 5.74) is 1.22. The van der Waals surface area contributed by atoms with E-state index in [4.69, 9.17) is 9.47 Å². The second-order valence-electron chi connectivity index (χ2n) is 4.25. The second-order valence-corrected chi connectivity index (χ2v) is 5.11. The van der Waals surface area contributed by atoms with Gasteiger partial charge in [-0.05, 0) is 36.6 Å². The Hall–Kier alpha value is -0.580. The first-order valence-electron chi connectivity index (χ1n) is 5.93. The third-order valence-corrected chi connectivity index (χ3v) is 3.77. The Morgan fingerprint density at radius 2 is 2.41 bits per heavy atom. The van der Waals surface area contributed by atoms with Gasteiger partial charge in [-0.3, -0.25) is 0 Å². The van der Waals surface area contributed by atoms with Crippen molar-refractivity contribution in [3.05, 3.63) is 28.2 Å². The predicted molar refractivity (Wildman–Crippen MR) is 71.4 cm³/mol. The minimum atomic E-state index is 0.474. The highest BCUT2D eigenvalue weighted by Crippen LogP contribution is 2.22. The van der Waals surface area contributed by atoms with E-state index in [9.17, 15) is 0 Å². The van der Waals surface area contributed by atoms with Crippen LogP contribution in [0, 0.1) is 0 Å². The summed E-state index contributed by atoms with van der Waals surface area (Å²) in [6.45, 7) is 2.56. The van der Waals surface area contributed by atoms with Crippen molar-refractivity contribution in [1.82, 2.24) is 5.32 Å². The van der Waals surface area contributed by atoms with E-state index in [1.165, 1.54) is 12.0 Å². The number of ether oxygens (including phenoxy) is 2. The molecule has 1 atom stereocenters. The van der Waals surface area contributed by atoms with Gasteiger partial charge in [-0.1, -0.05) is 15.9 Å². The molecule has 1 aliphatic rings. The van der Waals surface area contributed by atoms with Crippen molar-refractivity contribution in [2.75, 3.05) is 20.3 Å². The molecule has 1 N–H and O–H groups in total. The normalized spacial score (nSPS) is 20.2. The van der Waals surface area contributed by atoms with Crippen LogP contribution < -0.4 is 10.1 Å². The highest BCUT2D eigenvalue weighted by Gasteiger charge is 2.13. The molecule has 1 heterocycles. The highest BCUT2D eigenvalue weighted by atomic mass is 79.9. The monoisotopic (exact) mass is 299 g/mol. The van der Waals surface area contributed by atoms with Gasteiger partial charge in [0.15, 0.2) is 0 Å². The summed E-state index contributed by atoms with van der Waals surface area (Å²) in [5, 5.41) is 3.52. The summed E-state index contributed by atoms with van der Waals surface area (Å²) in [7, 11) is 1.69. The standard InChI is InChI=1S/C13H18BrNO2/c1-16-12-4-5-13(14)10(7-12)8-15-11-3-2-6-17-9-11/h4-5,7,11,15H,2-3,6,8-9H2,1H3/t11-/m1/s1. The lowest BCUT2D eigenvalue weighted by Crippen LogP contribution is -2.36. The van der Waals surface area contributed by atoms with Gasteiger partial charge in [0.2, 0.25) is 0 Å². The average molecular weight is 300 g/mol. The Morgan fingerprint density at radius 3 is 3.12 bits per heavy atom. The van der Waals surface area contributed by atoms with E-state index in [2.05, 4.69) is 27.3 Å². The number of hydrogen-bond acceptors (Lipinski definition) is 3. The molecule has 1 aromatic carbocycles. The maximum Gasteiger partial charge on any atom is 0.119 e. The van der Waals surface area contributed by atoms with E-state index in [0.29, 0.717) is 6.04 Å². The van der Waals surface area contributed by atoms with Gasteiger partial charge in [0, 0.05) is 23.7 Å².